The molecule has 0 fully saturated rings. The number of halogens is 2. The molecule has 0 saturated carbocycles. The number of anilines is 2. The lowest BCUT2D eigenvalue weighted by Gasteiger charge is -2.13. The minimum Gasteiger partial charge on any atom is -0.478 e. The number of carboxylic acids is 1. The van der Waals surface area contributed by atoms with Crippen molar-refractivity contribution < 1.29 is 15.0 Å². The maximum atomic E-state index is 11.1. The Morgan fingerprint density at radius 3 is 2.40 bits per heavy atom. The summed E-state index contributed by atoms with van der Waals surface area (Å²) in [7, 11) is 0. The van der Waals surface area contributed by atoms with Crippen LogP contribution in [0.5, 0.6) is 0 Å². The molecule has 0 aliphatic rings. The van der Waals surface area contributed by atoms with E-state index >= 15 is 0 Å². The lowest BCUT2D eigenvalue weighted by atomic mass is 10.1. The third kappa shape index (κ3) is 7.04. The van der Waals surface area contributed by atoms with E-state index < -0.39 is 12.1 Å². The quantitative estimate of drug-likeness (QED) is 0.345. The molecule has 0 amide bonds. The molecule has 7 heteroatoms. The molecule has 4 N–H and O–H groups in total. The summed E-state index contributed by atoms with van der Waals surface area (Å²) >= 11 is 5.95. The van der Waals surface area contributed by atoms with E-state index in [1.807, 2.05) is 42.5 Å². The van der Waals surface area contributed by atoms with Crippen molar-refractivity contribution in [3.8, 4) is 0 Å². The number of aliphatic hydroxyl groups is 1. The Morgan fingerprint density at radius 2 is 1.70 bits per heavy atom. The first-order chi connectivity index (χ1) is 14.0. The van der Waals surface area contributed by atoms with Crippen molar-refractivity contribution in [2.24, 2.45) is 0 Å². The third-order valence-electron chi connectivity index (χ3n) is 4.51. The second-order valence-electron chi connectivity index (χ2n) is 6.73. The van der Waals surface area contributed by atoms with Crippen LogP contribution in [0, 0.1) is 0 Å². The largest absolute Gasteiger partial charge is 0.478 e. The molecule has 0 bridgehead atoms. The number of benzene rings is 3. The van der Waals surface area contributed by atoms with Gasteiger partial charge in [0.2, 0.25) is 0 Å². The maximum absolute atomic E-state index is 11.1. The van der Waals surface area contributed by atoms with Crippen LogP contribution >= 0.6 is 24.0 Å². The molecule has 3 aromatic rings. The van der Waals surface area contributed by atoms with E-state index in [2.05, 4.69) is 10.6 Å². The second kappa shape index (κ2) is 11.6. The van der Waals surface area contributed by atoms with Gasteiger partial charge in [0.15, 0.2) is 0 Å². The summed E-state index contributed by atoms with van der Waals surface area (Å²) in [6, 6.07) is 21.9. The van der Waals surface area contributed by atoms with Gasteiger partial charge in [-0.25, -0.2) is 4.79 Å². The van der Waals surface area contributed by atoms with Gasteiger partial charge in [-0.05, 0) is 66.6 Å². The molecule has 0 aromatic heterocycles. The first-order valence-electron chi connectivity index (χ1n) is 9.35. The first-order valence-corrected chi connectivity index (χ1v) is 9.72. The monoisotopic (exact) mass is 446 g/mol. The Kier molecular flexibility index (Phi) is 9.15. The van der Waals surface area contributed by atoms with Gasteiger partial charge in [0, 0.05) is 22.9 Å². The molecule has 1 atom stereocenters. The first kappa shape index (κ1) is 23.7. The SMILES string of the molecule is Cl.O=C(O)c1cccc(Nc2ccc(CCNC[C@H](O)c3cccc(Cl)c3)cc2)c1. The molecule has 30 heavy (non-hydrogen) atoms. The van der Waals surface area contributed by atoms with Gasteiger partial charge in [-0.15, -0.1) is 12.4 Å². The van der Waals surface area contributed by atoms with Gasteiger partial charge in [-0.2, -0.15) is 0 Å². The molecule has 3 rings (SSSR count). The normalized spacial score (nSPS) is 11.4. The molecule has 0 saturated heterocycles. The minimum absolute atomic E-state index is 0. The van der Waals surface area contributed by atoms with Crippen molar-refractivity contribution in [3.05, 3.63) is 94.5 Å². The fraction of sp³-hybridized carbons (Fsp3) is 0.174. The number of rotatable bonds is 9. The number of hydrogen-bond donors (Lipinski definition) is 4. The van der Waals surface area contributed by atoms with Gasteiger partial charge < -0.3 is 20.8 Å². The van der Waals surface area contributed by atoms with E-state index in [-0.39, 0.29) is 18.0 Å². The number of aliphatic hydroxyl groups excluding tert-OH is 1. The van der Waals surface area contributed by atoms with E-state index in [1.165, 1.54) is 5.56 Å². The number of carbonyl (C=O) groups is 1. The molecule has 0 aliphatic carbocycles. The topological polar surface area (TPSA) is 81.6 Å². The van der Waals surface area contributed by atoms with Gasteiger partial charge in [-0.3, -0.25) is 0 Å². The van der Waals surface area contributed by atoms with Gasteiger partial charge in [0.05, 0.1) is 11.7 Å². The van der Waals surface area contributed by atoms with Crippen LogP contribution in [-0.4, -0.2) is 29.3 Å². The minimum atomic E-state index is -0.947. The van der Waals surface area contributed by atoms with Gasteiger partial charge in [0.25, 0.3) is 0 Å². The molecule has 0 unspecified atom stereocenters. The van der Waals surface area contributed by atoms with E-state index in [1.54, 1.807) is 30.3 Å². The molecule has 0 aliphatic heterocycles. The highest BCUT2D eigenvalue weighted by atomic mass is 35.5. The summed E-state index contributed by atoms with van der Waals surface area (Å²) in [6.45, 7) is 1.20. The molecule has 0 spiro atoms. The van der Waals surface area contributed by atoms with E-state index in [9.17, 15) is 9.90 Å². The smallest absolute Gasteiger partial charge is 0.335 e. The van der Waals surface area contributed by atoms with Crippen molar-refractivity contribution >= 4 is 41.4 Å². The lowest BCUT2D eigenvalue weighted by molar-refractivity contribution is 0.0697. The molecular formula is C23H24Cl2N2O3. The van der Waals surface area contributed by atoms with Crippen LogP contribution in [0.2, 0.25) is 5.02 Å². The van der Waals surface area contributed by atoms with Crippen LogP contribution in [0.1, 0.15) is 27.6 Å². The highest BCUT2D eigenvalue weighted by Crippen LogP contribution is 2.19. The Labute approximate surface area is 187 Å². The number of carboxylic acid groups (broad SMARTS) is 1. The average Bonchev–Trinajstić information content (AvgIpc) is 2.72. The lowest BCUT2D eigenvalue weighted by Crippen LogP contribution is -2.23. The van der Waals surface area contributed by atoms with Crippen LogP contribution in [-0.2, 0) is 6.42 Å². The fourth-order valence-electron chi connectivity index (χ4n) is 2.95. The Bertz CT molecular complexity index is 965. The standard InChI is InChI=1S/C23H23ClN2O3.ClH/c24-19-5-1-3-17(13-19)22(27)15-25-12-11-16-7-9-20(10-8-16)26-21-6-2-4-18(14-21)23(28)29;/h1-10,13-14,22,25-27H,11-12,15H2,(H,28,29);1H/t22-;/m0./s1. The van der Waals surface area contributed by atoms with Crippen LogP contribution < -0.4 is 10.6 Å². The van der Waals surface area contributed by atoms with Crippen LogP contribution in [0.4, 0.5) is 11.4 Å². The molecule has 3 aromatic carbocycles. The number of nitrogens with one attached hydrogen (secondary N) is 2. The second-order valence-corrected chi connectivity index (χ2v) is 7.17. The van der Waals surface area contributed by atoms with Crippen molar-refractivity contribution in [2.75, 3.05) is 18.4 Å². The molecule has 0 radical (unpaired) electrons. The van der Waals surface area contributed by atoms with E-state index in [0.29, 0.717) is 11.6 Å². The predicted octanol–water partition coefficient (Wildman–Crippen LogP) is 5.07. The number of hydrogen-bond acceptors (Lipinski definition) is 4. The van der Waals surface area contributed by atoms with E-state index in [0.717, 1.165) is 29.9 Å². The highest BCUT2D eigenvalue weighted by Gasteiger charge is 2.07. The Balaban J connectivity index is 0.00000320. The summed E-state index contributed by atoms with van der Waals surface area (Å²) in [5, 5.41) is 26.4. The molecule has 0 heterocycles. The maximum Gasteiger partial charge on any atom is 0.335 e. The van der Waals surface area contributed by atoms with Crippen LogP contribution in [0.15, 0.2) is 72.8 Å². The third-order valence-corrected chi connectivity index (χ3v) is 4.75. The van der Waals surface area contributed by atoms with Crippen LogP contribution in [0.25, 0.3) is 0 Å². The van der Waals surface area contributed by atoms with Crippen molar-refractivity contribution in [3.63, 3.8) is 0 Å². The van der Waals surface area contributed by atoms with Gasteiger partial charge in [-0.1, -0.05) is 41.9 Å². The van der Waals surface area contributed by atoms with Crippen molar-refractivity contribution in [1.82, 2.24) is 5.32 Å². The van der Waals surface area contributed by atoms with Crippen LogP contribution in [0.3, 0.4) is 0 Å². The summed E-state index contributed by atoms with van der Waals surface area (Å²) in [4.78, 5) is 11.1. The number of aromatic carboxylic acids is 1. The van der Waals surface area contributed by atoms with Gasteiger partial charge in [0.1, 0.15) is 0 Å². The zero-order valence-corrected chi connectivity index (χ0v) is 17.8. The Morgan fingerprint density at radius 1 is 0.967 bits per heavy atom. The average molecular weight is 447 g/mol. The molecule has 5 nitrogen and oxygen atoms in total. The highest BCUT2D eigenvalue weighted by molar-refractivity contribution is 6.30. The molecule has 158 valence electrons. The fourth-order valence-corrected chi connectivity index (χ4v) is 3.15. The summed E-state index contributed by atoms with van der Waals surface area (Å²) in [5.74, 6) is -0.947. The predicted molar refractivity (Wildman–Crippen MR) is 123 cm³/mol. The van der Waals surface area contributed by atoms with E-state index in [4.69, 9.17) is 16.7 Å². The summed E-state index contributed by atoms with van der Waals surface area (Å²) in [6.07, 6.45) is 0.235. The van der Waals surface area contributed by atoms with Crippen molar-refractivity contribution in [2.45, 2.75) is 12.5 Å². The van der Waals surface area contributed by atoms with Gasteiger partial charge >= 0.3 is 5.97 Å². The Hall–Kier alpha value is -2.57. The summed E-state index contributed by atoms with van der Waals surface area (Å²) < 4.78 is 0. The van der Waals surface area contributed by atoms with Crippen molar-refractivity contribution in [1.29, 1.82) is 0 Å². The zero-order valence-electron chi connectivity index (χ0n) is 16.2. The molecular weight excluding hydrogens is 423 g/mol. The summed E-state index contributed by atoms with van der Waals surface area (Å²) in [5.41, 5.74) is 3.83. The zero-order chi connectivity index (χ0) is 20.6.